The van der Waals surface area contributed by atoms with E-state index in [0.717, 1.165) is 6.07 Å². The lowest BCUT2D eigenvalue weighted by Crippen LogP contribution is -2.09. The average molecular weight is 272 g/mol. The monoisotopic (exact) mass is 271 g/mol. The number of anilines is 1. The summed E-state index contributed by atoms with van der Waals surface area (Å²) in [6, 6.07) is 2.31. The largest absolute Gasteiger partial charge is 0.425 e. The summed E-state index contributed by atoms with van der Waals surface area (Å²) in [5.41, 5.74) is 0.158. The van der Waals surface area contributed by atoms with Crippen LogP contribution < -0.4 is 10.1 Å². The fourth-order valence-electron chi connectivity index (χ4n) is 1.20. The van der Waals surface area contributed by atoms with Crippen molar-refractivity contribution in [1.29, 1.82) is 0 Å². The molecule has 1 aromatic carbocycles. The van der Waals surface area contributed by atoms with Crippen LogP contribution in [-0.2, 0) is 9.59 Å². The normalized spacial score (nSPS) is 9.72. The van der Waals surface area contributed by atoms with E-state index < -0.39 is 11.8 Å². The number of hydrogen-bond donors (Lipinski definition) is 1. The van der Waals surface area contributed by atoms with Crippen molar-refractivity contribution < 1.29 is 18.7 Å². The van der Waals surface area contributed by atoms with Gasteiger partial charge in [-0.1, -0.05) is 17.7 Å². The Hall–Kier alpha value is -1.88. The summed E-state index contributed by atoms with van der Waals surface area (Å²) in [6.45, 7) is 4.65. The van der Waals surface area contributed by atoms with E-state index in [0.29, 0.717) is 0 Å². The van der Waals surface area contributed by atoms with Crippen LogP contribution in [0.3, 0.4) is 0 Å². The molecule has 0 aliphatic rings. The molecule has 1 aromatic rings. The minimum Gasteiger partial charge on any atom is -0.425 e. The molecule has 0 heterocycles. The van der Waals surface area contributed by atoms with Crippen LogP contribution in [0.4, 0.5) is 10.1 Å². The van der Waals surface area contributed by atoms with Gasteiger partial charge in [0.15, 0.2) is 5.75 Å². The molecule has 18 heavy (non-hydrogen) atoms. The molecule has 1 amide bonds. The van der Waals surface area contributed by atoms with E-state index >= 15 is 0 Å². The summed E-state index contributed by atoms with van der Waals surface area (Å²) in [7, 11) is 0. The number of benzene rings is 1. The second-order valence-electron chi connectivity index (χ2n) is 3.42. The summed E-state index contributed by atoms with van der Waals surface area (Å²) in [5.74, 6) is -1.93. The number of halogens is 2. The molecule has 0 radical (unpaired) electrons. The Morgan fingerprint density at radius 1 is 1.56 bits per heavy atom. The quantitative estimate of drug-likeness (QED) is 0.520. The van der Waals surface area contributed by atoms with Gasteiger partial charge in [-0.3, -0.25) is 9.59 Å². The van der Waals surface area contributed by atoms with Gasteiger partial charge in [0.1, 0.15) is 10.8 Å². The van der Waals surface area contributed by atoms with Gasteiger partial charge in [-0.05, 0) is 6.07 Å². The van der Waals surface area contributed by atoms with Crippen molar-refractivity contribution >= 4 is 29.2 Å². The van der Waals surface area contributed by atoms with Gasteiger partial charge >= 0.3 is 5.97 Å². The fraction of sp³-hybridized carbons (Fsp3) is 0.167. The molecule has 96 valence electrons. The lowest BCUT2D eigenvalue weighted by molar-refractivity contribution is -0.133. The lowest BCUT2D eigenvalue weighted by Gasteiger charge is -2.09. The molecule has 0 atom stereocenters. The number of carbonyl (C=O) groups excluding carboxylic acids is 2. The van der Waals surface area contributed by atoms with Crippen LogP contribution in [0, 0.1) is 5.82 Å². The van der Waals surface area contributed by atoms with Gasteiger partial charge < -0.3 is 10.1 Å². The van der Waals surface area contributed by atoms with Gasteiger partial charge in [0, 0.05) is 18.7 Å². The highest BCUT2D eigenvalue weighted by Gasteiger charge is 2.13. The first-order chi connectivity index (χ1) is 8.43. The van der Waals surface area contributed by atoms with E-state index in [2.05, 4.69) is 11.9 Å². The second-order valence-corrected chi connectivity index (χ2v) is 3.80. The molecule has 6 heteroatoms. The summed E-state index contributed by atoms with van der Waals surface area (Å²) < 4.78 is 18.3. The maximum atomic E-state index is 13.4. The SMILES string of the molecule is C=CCC(=O)Oc1cc(NC(C)=O)cc(F)c1Cl. The number of amides is 1. The molecule has 1 rings (SSSR count). The Bertz CT molecular complexity index is 502. The fourth-order valence-corrected chi connectivity index (χ4v) is 1.34. The predicted molar refractivity (Wildman–Crippen MR) is 66.2 cm³/mol. The average Bonchev–Trinajstić information content (AvgIpc) is 2.24. The molecule has 0 unspecified atom stereocenters. The van der Waals surface area contributed by atoms with E-state index in [9.17, 15) is 14.0 Å². The highest BCUT2D eigenvalue weighted by molar-refractivity contribution is 6.32. The number of esters is 1. The summed E-state index contributed by atoms with van der Waals surface area (Å²) in [4.78, 5) is 22.1. The van der Waals surface area contributed by atoms with Crippen LogP contribution in [-0.4, -0.2) is 11.9 Å². The molecule has 0 fully saturated rings. The minimum absolute atomic E-state index is 0.0255. The van der Waals surface area contributed by atoms with Gasteiger partial charge in [-0.2, -0.15) is 0 Å². The van der Waals surface area contributed by atoms with Crippen molar-refractivity contribution in [3.05, 3.63) is 35.6 Å². The van der Waals surface area contributed by atoms with E-state index in [1.165, 1.54) is 19.1 Å². The van der Waals surface area contributed by atoms with E-state index in [1.54, 1.807) is 0 Å². The Morgan fingerprint density at radius 2 is 2.22 bits per heavy atom. The van der Waals surface area contributed by atoms with Crippen LogP contribution in [0.25, 0.3) is 0 Å². The molecule has 0 bridgehead atoms. The van der Waals surface area contributed by atoms with E-state index in [-0.39, 0.29) is 28.8 Å². The van der Waals surface area contributed by atoms with Crippen molar-refractivity contribution in [2.75, 3.05) is 5.32 Å². The van der Waals surface area contributed by atoms with Crippen LogP contribution in [0.5, 0.6) is 5.75 Å². The highest BCUT2D eigenvalue weighted by Crippen LogP contribution is 2.31. The minimum atomic E-state index is -0.788. The topological polar surface area (TPSA) is 55.4 Å². The zero-order valence-electron chi connectivity index (χ0n) is 9.63. The Labute approximate surface area is 108 Å². The van der Waals surface area contributed by atoms with E-state index in [4.69, 9.17) is 16.3 Å². The van der Waals surface area contributed by atoms with Crippen LogP contribution in [0.2, 0.25) is 5.02 Å². The Balaban J connectivity index is 3.02. The number of hydrogen-bond acceptors (Lipinski definition) is 3. The third-order valence-corrected chi connectivity index (χ3v) is 2.22. The van der Waals surface area contributed by atoms with Crippen LogP contribution in [0.1, 0.15) is 13.3 Å². The smallest absolute Gasteiger partial charge is 0.315 e. The molecule has 4 nitrogen and oxygen atoms in total. The summed E-state index contributed by atoms with van der Waals surface area (Å²) >= 11 is 5.66. The second kappa shape index (κ2) is 6.16. The molecule has 1 N–H and O–H groups in total. The Kier molecular flexibility index (Phi) is 4.85. The zero-order valence-corrected chi connectivity index (χ0v) is 10.4. The highest BCUT2D eigenvalue weighted by atomic mass is 35.5. The first-order valence-corrected chi connectivity index (χ1v) is 5.40. The number of rotatable bonds is 4. The van der Waals surface area contributed by atoms with Crippen molar-refractivity contribution in [2.45, 2.75) is 13.3 Å². The first kappa shape index (κ1) is 14.2. The van der Waals surface area contributed by atoms with Crippen LogP contribution in [0.15, 0.2) is 24.8 Å². The van der Waals surface area contributed by atoms with Crippen molar-refractivity contribution in [3.8, 4) is 5.75 Å². The standard InChI is InChI=1S/C12H11ClFNO3/c1-3-4-11(17)18-10-6-8(15-7(2)16)5-9(14)12(10)13/h3,5-6H,1,4H2,2H3,(H,15,16). The first-order valence-electron chi connectivity index (χ1n) is 5.02. The third-order valence-electron chi connectivity index (χ3n) is 1.85. The third kappa shape index (κ3) is 3.85. The Morgan fingerprint density at radius 3 is 2.78 bits per heavy atom. The molecule has 0 spiro atoms. The molecular weight excluding hydrogens is 261 g/mol. The molecule has 0 saturated carbocycles. The number of ether oxygens (including phenoxy) is 1. The van der Waals surface area contributed by atoms with Gasteiger partial charge in [0.05, 0.1) is 6.42 Å². The predicted octanol–water partition coefficient (Wildman–Crippen LogP) is 2.92. The molecule has 0 aliphatic heterocycles. The molecule has 0 aliphatic carbocycles. The van der Waals surface area contributed by atoms with Crippen molar-refractivity contribution in [3.63, 3.8) is 0 Å². The number of nitrogens with one attached hydrogen (secondary N) is 1. The van der Waals surface area contributed by atoms with Gasteiger partial charge in [0.2, 0.25) is 5.91 Å². The maximum absolute atomic E-state index is 13.4. The number of carbonyl (C=O) groups is 2. The summed E-state index contributed by atoms with van der Waals surface area (Å²) in [5, 5.41) is 2.05. The lowest BCUT2D eigenvalue weighted by atomic mass is 10.3. The van der Waals surface area contributed by atoms with Crippen molar-refractivity contribution in [1.82, 2.24) is 0 Å². The van der Waals surface area contributed by atoms with Crippen LogP contribution >= 0.6 is 11.6 Å². The molecule has 0 saturated heterocycles. The van der Waals surface area contributed by atoms with Gasteiger partial charge in [0.25, 0.3) is 0 Å². The molecular formula is C12H11ClFNO3. The summed E-state index contributed by atoms with van der Waals surface area (Å²) in [6.07, 6.45) is 1.33. The van der Waals surface area contributed by atoms with E-state index in [1.807, 2.05) is 0 Å². The van der Waals surface area contributed by atoms with Gasteiger partial charge in [-0.15, -0.1) is 6.58 Å². The molecule has 0 aromatic heterocycles. The zero-order chi connectivity index (χ0) is 13.7. The maximum Gasteiger partial charge on any atom is 0.315 e. The van der Waals surface area contributed by atoms with Crippen molar-refractivity contribution in [2.24, 2.45) is 0 Å². The van der Waals surface area contributed by atoms with Gasteiger partial charge in [-0.25, -0.2) is 4.39 Å².